The van der Waals surface area contributed by atoms with Crippen molar-refractivity contribution in [3.8, 4) is 5.69 Å². The summed E-state index contributed by atoms with van der Waals surface area (Å²) in [5.74, 6) is -0.490. The van der Waals surface area contributed by atoms with E-state index < -0.39 is 5.97 Å². The molecule has 0 N–H and O–H groups in total. The number of esters is 1. The zero-order chi connectivity index (χ0) is 23.7. The lowest BCUT2D eigenvalue weighted by molar-refractivity contribution is -0.121. The lowest BCUT2D eigenvalue weighted by Gasteiger charge is -2.12. The molecule has 0 atom stereocenters. The Kier molecular flexibility index (Phi) is 6.24. The van der Waals surface area contributed by atoms with Gasteiger partial charge in [-0.15, -0.1) is 0 Å². The van der Waals surface area contributed by atoms with E-state index in [0.717, 1.165) is 22.6 Å². The lowest BCUT2D eigenvalue weighted by Crippen LogP contribution is -2.23. The summed E-state index contributed by atoms with van der Waals surface area (Å²) in [6, 6.07) is 17.1. The second-order valence-electron chi connectivity index (χ2n) is 7.86. The summed E-state index contributed by atoms with van der Waals surface area (Å²) < 4.78 is 6.94. The zero-order valence-corrected chi connectivity index (χ0v) is 20.1. The summed E-state index contributed by atoms with van der Waals surface area (Å²) in [5, 5.41) is 0.588. The molecule has 1 fully saturated rings. The summed E-state index contributed by atoms with van der Waals surface area (Å²) in [6.45, 7) is 6.23. The van der Waals surface area contributed by atoms with Gasteiger partial charge in [0, 0.05) is 24.1 Å². The van der Waals surface area contributed by atoms with Crippen molar-refractivity contribution in [2.75, 3.05) is 14.2 Å². The Morgan fingerprint density at radius 2 is 1.76 bits per heavy atom. The van der Waals surface area contributed by atoms with Crippen LogP contribution in [0.1, 0.15) is 32.9 Å². The van der Waals surface area contributed by atoms with E-state index >= 15 is 0 Å². The number of hydrogen-bond acceptors (Lipinski definition) is 5. The molecule has 0 unspecified atom stereocenters. The summed E-state index contributed by atoms with van der Waals surface area (Å²) in [7, 11) is 3.06. The molecule has 7 heteroatoms. The monoisotopic (exact) mass is 459 g/mol. The highest BCUT2D eigenvalue weighted by Gasteiger charge is 2.30. The predicted octanol–water partition coefficient (Wildman–Crippen LogP) is 5.42. The molecular formula is C26H25N3O3S. The smallest absolute Gasteiger partial charge is 0.337 e. The van der Waals surface area contributed by atoms with Gasteiger partial charge in [0.25, 0.3) is 5.91 Å². The summed E-state index contributed by atoms with van der Waals surface area (Å²) in [4.78, 5) is 31.3. The first kappa shape index (κ1) is 22.6. The Morgan fingerprint density at radius 1 is 1.06 bits per heavy atom. The minimum atomic E-state index is -0.398. The molecule has 1 aliphatic rings. The number of nitrogens with zero attached hydrogens (tertiary/aromatic N) is 3. The maximum Gasteiger partial charge on any atom is 0.337 e. The molecule has 33 heavy (non-hydrogen) atoms. The number of aromatic nitrogens is 1. The number of ether oxygens (including phenoxy) is 1. The average Bonchev–Trinajstić information content (AvgIpc) is 3.23. The number of aliphatic imine (C=N–C) groups is 1. The van der Waals surface area contributed by atoms with Gasteiger partial charge in [-0.05, 0) is 86.1 Å². The van der Waals surface area contributed by atoms with Crippen LogP contribution in [0.5, 0.6) is 0 Å². The second kappa shape index (κ2) is 9.11. The van der Waals surface area contributed by atoms with Crippen molar-refractivity contribution >= 4 is 40.6 Å². The van der Waals surface area contributed by atoms with E-state index in [9.17, 15) is 9.59 Å². The van der Waals surface area contributed by atoms with Gasteiger partial charge >= 0.3 is 5.97 Å². The SMILES string of the molecule is COC(=O)c1ccc(N=C2S/C(=C\c3cc(C)n(-c4ccccc4C)c3C)C(=O)N2C)cc1. The van der Waals surface area contributed by atoms with Crippen LogP contribution >= 0.6 is 11.8 Å². The summed E-state index contributed by atoms with van der Waals surface area (Å²) in [5.41, 5.74) is 6.63. The average molecular weight is 460 g/mol. The number of thioether (sulfide) groups is 1. The lowest BCUT2D eigenvalue weighted by atomic mass is 10.2. The van der Waals surface area contributed by atoms with Crippen LogP contribution in [0.2, 0.25) is 0 Å². The standard InChI is InChI=1S/C26H25N3O3S/c1-16-8-6-7-9-22(16)29-17(2)14-20(18(29)3)15-23-24(30)28(4)26(33-23)27-21-12-10-19(11-13-21)25(31)32-5/h6-15H,1-5H3/b23-15-,27-26?. The Labute approximate surface area is 197 Å². The predicted molar refractivity (Wildman–Crippen MR) is 133 cm³/mol. The van der Waals surface area contributed by atoms with Crippen molar-refractivity contribution in [3.05, 3.63) is 87.6 Å². The van der Waals surface area contributed by atoms with Gasteiger partial charge in [-0.2, -0.15) is 0 Å². The molecule has 0 saturated carbocycles. The molecular weight excluding hydrogens is 434 g/mol. The molecule has 4 rings (SSSR count). The van der Waals surface area contributed by atoms with Crippen LogP contribution in [-0.2, 0) is 9.53 Å². The fourth-order valence-electron chi connectivity index (χ4n) is 3.81. The molecule has 0 aliphatic carbocycles. The van der Waals surface area contributed by atoms with Crippen LogP contribution in [0.25, 0.3) is 11.8 Å². The van der Waals surface area contributed by atoms with Gasteiger partial charge in [0.1, 0.15) is 0 Å². The number of carbonyl (C=O) groups excluding carboxylic acids is 2. The quantitative estimate of drug-likeness (QED) is 0.386. The Balaban J connectivity index is 1.64. The maximum absolute atomic E-state index is 12.9. The largest absolute Gasteiger partial charge is 0.465 e. The molecule has 0 radical (unpaired) electrons. The highest BCUT2D eigenvalue weighted by Crippen LogP contribution is 2.34. The van der Waals surface area contributed by atoms with Gasteiger partial charge in [0.05, 0.1) is 23.3 Å². The molecule has 2 aromatic carbocycles. The number of carbonyl (C=O) groups is 2. The number of hydrogen-bond donors (Lipinski definition) is 0. The molecule has 1 aromatic heterocycles. The third-order valence-corrected chi connectivity index (χ3v) is 6.69. The summed E-state index contributed by atoms with van der Waals surface area (Å²) in [6.07, 6.45) is 1.93. The van der Waals surface area contributed by atoms with E-state index in [1.807, 2.05) is 18.2 Å². The molecule has 1 amide bonds. The number of amidine groups is 1. The van der Waals surface area contributed by atoms with E-state index in [2.05, 4.69) is 48.5 Å². The van der Waals surface area contributed by atoms with Gasteiger partial charge in [0.2, 0.25) is 0 Å². The molecule has 0 spiro atoms. The van der Waals surface area contributed by atoms with E-state index in [1.165, 1.54) is 24.4 Å². The fourth-order valence-corrected chi connectivity index (χ4v) is 4.79. The van der Waals surface area contributed by atoms with E-state index in [4.69, 9.17) is 4.74 Å². The molecule has 6 nitrogen and oxygen atoms in total. The topological polar surface area (TPSA) is 63.9 Å². The van der Waals surface area contributed by atoms with Crippen molar-refractivity contribution < 1.29 is 14.3 Å². The van der Waals surface area contributed by atoms with E-state index in [0.29, 0.717) is 21.3 Å². The first-order valence-electron chi connectivity index (χ1n) is 10.5. The third-order valence-electron chi connectivity index (χ3n) is 5.63. The number of aryl methyl sites for hydroxylation is 2. The van der Waals surface area contributed by atoms with Gasteiger partial charge in [-0.25, -0.2) is 9.79 Å². The van der Waals surface area contributed by atoms with Crippen LogP contribution in [0.15, 0.2) is 64.5 Å². The normalized spacial score (nSPS) is 16.2. The third kappa shape index (κ3) is 4.36. The molecule has 0 bridgehead atoms. The minimum Gasteiger partial charge on any atom is -0.465 e. The highest BCUT2D eigenvalue weighted by molar-refractivity contribution is 8.18. The second-order valence-corrected chi connectivity index (χ2v) is 8.87. The van der Waals surface area contributed by atoms with Gasteiger partial charge in [-0.3, -0.25) is 9.69 Å². The zero-order valence-electron chi connectivity index (χ0n) is 19.2. The van der Waals surface area contributed by atoms with Gasteiger partial charge < -0.3 is 9.30 Å². The van der Waals surface area contributed by atoms with Crippen molar-refractivity contribution in [1.82, 2.24) is 9.47 Å². The summed E-state index contributed by atoms with van der Waals surface area (Å²) >= 11 is 1.34. The number of methoxy groups -OCH3 is 1. The first-order valence-corrected chi connectivity index (χ1v) is 11.3. The number of amides is 1. The molecule has 3 aromatic rings. The molecule has 168 valence electrons. The van der Waals surface area contributed by atoms with Gasteiger partial charge in [-0.1, -0.05) is 18.2 Å². The fraction of sp³-hybridized carbons (Fsp3) is 0.192. The van der Waals surface area contributed by atoms with Crippen LogP contribution in [0.3, 0.4) is 0 Å². The van der Waals surface area contributed by atoms with Crippen molar-refractivity contribution in [2.24, 2.45) is 4.99 Å². The Bertz CT molecular complexity index is 1300. The minimum absolute atomic E-state index is 0.0920. The van der Waals surface area contributed by atoms with Crippen LogP contribution in [0, 0.1) is 20.8 Å². The van der Waals surface area contributed by atoms with Crippen LogP contribution in [-0.4, -0.2) is 40.7 Å². The number of rotatable bonds is 4. The van der Waals surface area contributed by atoms with E-state index in [1.54, 1.807) is 36.2 Å². The van der Waals surface area contributed by atoms with Crippen molar-refractivity contribution in [2.45, 2.75) is 20.8 Å². The molecule has 2 heterocycles. The Hall–Kier alpha value is -3.58. The van der Waals surface area contributed by atoms with Crippen molar-refractivity contribution in [3.63, 3.8) is 0 Å². The van der Waals surface area contributed by atoms with Crippen molar-refractivity contribution in [1.29, 1.82) is 0 Å². The highest BCUT2D eigenvalue weighted by atomic mass is 32.2. The van der Waals surface area contributed by atoms with Crippen LogP contribution in [0.4, 0.5) is 5.69 Å². The van der Waals surface area contributed by atoms with E-state index in [-0.39, 0.29) is 5.91 Å². The molecule has 1 saturated heterocycles. The molecule has 1 aliphatic heterocycles. The maximum atomic E-state index is 12.9. The Morgan fingerprint density at radius 3 is 2.42 bits per heavy atom. The number of likely N-dealkylation sites (N-methyl/N-ethyl adjacent to an activating group) is 1. The number of para-hydroxylation sites is 1. The van der Waals surface area contributed by atoms with Gasteiger partial charge in [0.15, 0.2) is 5.17 Å². The first-order chi connectivity index (χ1) is 15.8. The van der Waals surface area contributed by atoms with Crippen LogP contribution < -0.4 is 0 Å². The number of benzene rings is 2.